The normalized spacial score (nSPS) is 21.7. The van der Waals surface area contributed by atoms with Crippen molar-refractivity contribution in [3.63, 3.8) is 0 Å². The zero-order valence-corrected chi connectivity index (χ0v) is 12.5. The Labute approximate surface area is 127 Å². The summed E-state index contributed by atoms with van der Waals surface area (Å²) in [4.78, 5) is 0. The van der Waals surface area contributed by atoms with Gasteiger partial charge in [-0.15, -0.1) is 0 Å². The molecule has 0 N–H and O–H groups in total. The first kappa shape index (κ1) is 13.9. The van der Waals surface area contributed by atoms with Crippen LogP contribution in [0, 0.1) is 17.2 Å². The van der Waals surface area contributed by atoms with E-state index in [0.29, 0.717) is 5.56 Å². The van der Waals surface area contributed by atoms with Gasteiger partial charge in [-0.25, -0.2) is 0 Å². The molecule has 0 bridgehead atoms. The van der Waals surface area contributed by atoms with Crippen LogP contribution < -0.4 is 0 Å². The largest absolute Gasteiger partial charge is 0.192 e. The molecule has 0 aromatic heterocycles. The number of nitrogens with zero attached hydrogens (tertiary/aromatic N) is 1. The highest BCUT2D eigenvalue weighted by Gasteiger charge is 2.19. The van der Waals surface area contributed by atoms with Gasteiger partial charge in [0.25, 0.3) is 0 Å². The fourth-order valence-corrected chi connectivity index (χ4v) is 3.28. The molecular weight excluding hydrogens is 254 g/mol. The molecule has 1 aliphatic carbocycles. The molecule has 0 saturated heterocycles. The quantitative estimate of drug-likeness (QED) is 0.708. The minimum absolute atomic E-state index is 0.715. The second-order valence-electron chi connectivity index (χ2n) is 6.27. The molecule has 21 heavy (non-hydrogen) atoms. The van der Waals surface area contributed by atoms with Crippen molar-refractivity contribution in [3.05, 3.63) is 59.7 Å². The third kappa shape index (κ3) is 3.16. The lowest BCUT2D eigenvalue weighted by Gasteiger charge is -2.26. The minimum atomic E-state index is 0.715. The van der Waals surface area contributed by atoms with E-state index in [-0.39, 0.29) is 0 Å². The van der Waals surface area contributed by atoms with Crippen LogP contribution in [0.15, 0.2) is 48.5 Å². The maximum atomic E-state index is 8.85. The molecule has 1 saturated carbocycles. The van der Waals surface area contributed by atoms with E-state index in [1.54, 1.807) is 0 Å². The average molecular weight is 275 g/mol. The van der Waals surface area contributed by atoms with Gasteiger partial charge in [0.15, 0.2) is 0 Å². The number of benzene rings is 2. The topological polar surface area (TPSA) is 23.8 Å². The van der Waals surface area contributed by atoms with Gasteiger partial charge in [0.05, 0.1) is 11.6 Å². The van der Waals surface area contributed by atoms with E-state index in [1.165, 1.54) is 42.4 Å². The molecular formula is C20H21N. The Morgan fingerprint density at radius 1 is 0.810 bits per heavy atom. The molecule has 0 atom stereocenters. The fraction of sp³-hybridized carbons (Fsp3) is 0.350. The Balaban J connectivity index is 1.75. The van der Waals surface area contributed by atoms with Crippen LogP contribution in [0.3, 0.4) is 0 Å². The summed E-state index contributed by atoms with van der Waals surface area (Å²) < 4.78 is 0. The Hall–Kier alpha value is -2.07. The van der Waals surface area contributed by atoms with Crippen LogP contribution in [0.1, 0.15) is 49.7 Å². The fourth-order valence-electron chi connectivity index (χ4n) is 3.28. The van der Waals surface area contributed by atoms with Crippen LogP contribution >= 0.6 is 0 Å². The third-order valence-electron chi connectivity index (χ3n) is 4.75. The van der Waals surface area contributed by atoms with Crippen LogP contribution in [0.25, 0.3) is 11.1 Å². The van der Waals surface area contributed by atoms with Gasteiger partial charge in [0.2, 0.25) is 0 Å². The van der Waals surface area contributed by atoms with Crippen LogP contribution in [-0.4, -0.2) is 0 Å². The van der Waals surface area contributed by atoms with E-state index < -0.39 is 0 Å². The first-order valence-electron chi connectivity index (χ1n) is 7.87. The molecule has 3 rings (SSSR count). The van der Waals surface area contributed by atoms with Gasteiger partial charge in [0.1, 0.15) is 0 Å². The van der Waals surface area contributed by atoms with E-state index >= 15 is 0 Å². The summed E-state index contributed by atoms with van der Waals surface area (Å²) in [6.07, 6.45) is 5.39. The Kier molecular flexibility index (Phi) is 4.06. The van der Waals surface area contributed by atoms with Crippen LogP contribution in [-0.2, 0) is 0 Å². The molecule has 1 nitrogen and oxygen atoms in total. The summed E-state index contributed by atoms with van der Waals surface area (Å²) in [5, 5.41) is 8.85. The number of hydrogen-bond donors (Lipinski definition) is 0. The maximum Gasteiger partial charge on any atom is 0.0991 e. The van der Waals surface area contributed by atoms with E-state index in [9.17, 15) is 0 Å². The second-order valence-corrected chi connectivity index (χ2v) is 6.27. The molecule has 1 aliphatic rings. The molecule has 0 spiro atoms. The van der Waals surface area contributed by atoms with Gasteiger partial charge in [-0.2, -0.15) is 5.26 Å². The highest BCUT2D eigenvalue weighted by molar-refractivity contribution is 5.64. The predicted octanol–water partition coefficient (Wildman–Crippen LogP) is 5.52. The zero-order valence-electron chi connectivity index (χ0n) is 12.5. The predicted molar refractivity (Wildman–Crippen MR) is 87.0 cm³/mol. The number of rotatable bonds is 2. The van der Waals surface area contributed by atoms with E-state index in [1.807, 2.05) is 24.3 Å². The second kappa shape index (κ2) is 6.14. The Morgan fingerprint density at radius 2 is 1.33 bits per heavy atom. The van der Waals surface area contributed by atoms with Crippen molar-refractivity contribution >= 4 is 0 Å². The smallest absolute Gasteiger partial charge is 0.0991 e. The molecule has 2 aromatic carbocycles. The number of hydrogen-bond acceptors (Lipinski definition) is 1. The van der Waals surface area contributed by atoms with Gasteiger partial charge in [-0.05, 0) is 53.5 Å². The SMILES string of the molecule is CC1CCC(c2ccc(-c3ccc(C#N)cc3)cc2)CC1. The van der Waals surface area contributed by atoms with Gasteiger partial charge in [-0.1, -0.05) is 56.2 Å². The van der Waals surface area contributed by atoms with Gasteiger partial charge in [0, 0.05) is 0 Å². The summed E-state index contributed by atoms with van der Waals surface area (Å²) in [5.41, 5.74) is 4.61. The van der Waals surface area contributed by atoms with Gasteiger partial charge in [-0.3, -0.25) is 0 Å². The summed E-state index contributed by atoms with van der Waals surface area (Å²) in [6.45, 7) is 2.37. The highest BCUT2D eigenvalue weighted by atomic mass is 14.2. The highest BCUT2D eigenvalue weighted by Crippen LogP contribution is 2.36. The standard InChI is InChI=1S/C20H21N/c1-15-2-6-17(7-3-15)19-10-12-20(13-11-19)18-8-4-16(14-21)5-9-18/h4-5,8-13,15,17H,2-3,6-7H2,1H3. The minimum Gasteiger partial charge on any atom is -0.192 e. The molecule has 0 radical (unpaired) electrons. The first-order chi connectivity index (χ1) is 10.3. The van der Waals surface area contributed by atoms with Crippen molar-refractivity contribution in [2.24, 2.45) is 5.92 Å². The molecule has 0 unspecified atom stereocenters. The first-order valence-corrected chi connectivity index (χ1v) is 7.87. The number of nitriles is 1. The van der Waals surface area contributed by atoms with Gasteiger partial charge < -0.3 is 0 Å². The lowest BCUT2D eigenvalue weighted by Crippen LogP contribution is -2.10. The molecule has 1 fully saturated rings. The van der Waals surface area contributed by atoms with Crippen molar-refractivity contribution in [2.75, 3.05) is 0 Å². The summed E-state index contributed by atoms with van der Waals surface area (Å²) >= 11 is 0. The van der Waals surface area contributed by atoms with E-state index in [0.717, 1.165) is 11.8 Å². The van der Waals surface area contributed by atoms with Crippen molar-refractivity contribution in [3.8, 4) is 17.2 Å². The van der Waals surface area contributed by atoms with Crippen molar-refractivity contribution < 1.29 is 0 Å². The average Bonchev–Trinajstić information content (AvgIpc) is 2.56. The lowest BCUT2D eigenvalue weighted by atomic mass is 9.79. The molecule has 0 aliphatic heterocycles. The lowest BCUT2D eigenvalue weighted by molar-refractivity contribution is 0.348. The third-order valence-corrected chi connectivity index (χ3v) is 4.75. The molecule has 0 heterocycles. The Bertz CT molecular complexity index is 623. The molecule has 1 heteroatoms. The monoisotopic (exact) mass is 275 g/mol. The van der Waals surface area contributed by atoms with Crippen molar-refractivity contribution in [1.82, 2.24) is 0 Å². The molecule has 2 aromatic rings. The van der Waals surface area contributed by atoms with Crippen LogP contribution in [0.4, 0.5) is 0 Å². The van der Waals surface area contributed by atoms with Gasteiger partial charge >= 0.3 is 0 Å². The van der Waals surface area contributed by atoms with Crippen molar-refractivity contribution in [1.29, 1.82) is 5.26 Å². The molecule has 0 amide bonds. The zero-order chi connectivity index (χ0) is 14.7. The Morgan fingerprint density at radius 3 is 1.86 bits per heavy atom. The van der Waals surface area contributed by atoms with Crippen LogP contribution in [0.2, 0.25) is 0 Å². The maximum absolute atomic E-state index is 8.85. The molecule has 106 valence electrons. The van der Waals surface area contributed by atoms with E-state index in [2.05, 4.69) is 37.3 Å². The van der Waals surface area contributed by atoms with Crippen LogP contribution in [0.5, 0.6) is 0 Å². The van der Waals surface area contributed by atoms with E-state index in [4.69, 9.17) is 5.26 Å². The summed E-state index contributed by atoms with van der Waals surface area (Å²) in [7, 11) is 0. The van der Waals surface area contributed by atoms with Crippen molar-refractivity contribution in [2.45, 2.75) is 38.5 Å². The summed E-state index contributed by atoms with van der Waals surface area (Å²) in [5.74, 6) is 1.65. The summed E-state index contributed by atoms with van der Waals surface area (Å²) in [6, 6.07) is 19.0.